The van der Waals surface area contributed by atoms with Crippen LogP contribution in [0.5, 0.6) is 0 Å². The quantitative estimate of drug-likeness (QED) is 0.676. The van der Waals surface area contributed by atoms with Gasteiger partial charge in [-0.15, -0.1) is 0 Å². The van der Waals surface area contributed by atoms with Crippen molar-refractivity contribution in [1.82, 2.24) is 25.0 Å². The number of hydrogen-bond donors (Lipinski definition) is 1. The van der Waals surface area contributed by atoms with Crippen LogP contribution in [-0.2, 0) is 21.6 Å². The Balaban J connectivity index is 1.69. The van der Waals surface area contributed by atoms with Crippen molar-refractivity contribution in [3.8, 4) is 11.4 Å². The maximum Gasteiger partial charge on any atom is 0.150 e. The fraction of sp³-hybridized carbons (Fsp3) is 0.550. The van der Waals surface area contributed by atoms with Gasteiger partial charge >= 0.3 is 0 Å². The molecule has 1 atom stereocenters. The van der Waals surface area contributed by atoms with Crippen LogP contribution in [0.4, 0.5) is 5.82 Å². The number of aryl methyl sites for hydroxylation is 1. The lowest BCUT2D eigenvalue weighted by atomic mass is 9.92. The highest BCUT2D eigenvalue weighted by atomic mass is 32.2. The second-order valence-corrected chi connectivity index (χ2v) is 10.6. The van der Waals surface area contributed by atoms with Crippen LogP contribution in [0.25, 0.3) is 22.4 Å². The molecule has 0 aromatic carbocycles. The number of hydrogen-bond acceptors (Lipinski definition) is 7. The van der Waals surface area contributed by atoms with Gasteiger partial charge in [-0.25, -0.2) is 13.4 Å². The van der Waals surface area contributed by atoms with Gasteiger partial charge in [0.1, 0.15) is 26.9 Å². The van der Waals surface area contributed by atoms with E-state index in [9.17, 15) is 8.42 Å². The first-order valence-electron chi connectivity index (χ1n) is 10.3. The van der Waals surface area contributed by atoms with E-state index in [1.807, 2.05) is 17.8 Å². The lowest BCUT2D eigenvalue weighted by Crippen LogP contribution is -2.44. The fourth-order valence-corrected chi connectivity index (χ4v) is 6.08. The summed E-state index contributed by atoms with van der Waals surface area (Å²) in [6.45, 7) is 4.24. The first kappa shape index (κ1) is 19.5. The van der Waals surface area contributed by atoms with Gasteiger partial charge in [-0.3, -0.25) is 9.78 Å². The minimum Gasteiger partial charge on any atom is -0.377 e. The Bertz CT molecular complexity index is 1160. The fourth-order valence-electron chi connectivity index (χ4n) is 4.59. The SMILES string of the molecule is C[C@@H]1COCCN1c1cc(C2CCS(=O)(=O)CC2)c2c(n1)c(-c1ccn[nH]1)nn2C. The number of ether oxygens (including phenoxy) is 1. The summed E-state index contributed by atoms with van der Waals surface area (Å²) in [5.74, 6) is 1.53. The molecule has 0 bridgehead atoms. The Morgan fingerprint density at radius 3 is 2.77 bits per heavy atom. The van der Waals surface area contributed by atoms with Crippen molar-refractivity contribution in [1.29, 1.82) is 0 Å². The molecular formula is C20H26N6O3S. The number of nitrogens with one attached hydrogen (secondary N) is 1. The van der Waals surface area contributed by atoms with Gasteiger partial charge in [0.25, 0.3) is 0 Å². The summed E-state index contributed by atoms with van der Waals surface area (Å²) in [6, 6.07) is 4.25. The molecule has 0 saturated carbocycles. The average molecular weight is 431 g/mol. The molecule has 0 unspecified atom stereocenters. The van der Waals surface area contributed by atoms with Crippen LogP contribution in [0.3, 0.4) is 0 Å². The highest BCUT2D eigenvalue weighted by molar-refractivity contribution is 7.91. The molecule has 2 fully saturated rings. The molecule has 1 N–H and O–H groups in total. The molecule has 30 heavy (non-hydrogen) atoms. The zero-order valence-corrected chi connectivity index (χ0v) is 18.0. The Morgan fingerprint density at radius 1 is 1.27 bits per heavy atom. The number of pyridine rings is 1. The van der Waals surface area contributed by atoms with Crippen LogP contribution < -0.4 is 4.90 Å². The van der Waals surface area contributed by atoms with Crippen LogP contribution in [0.2, 0.25) is 0 Å². The molecule has 2 saturated heterocycles. The lowest BCUT2D eigenvalue weighted by molar-refractivity contribution is 0.0985. The zero-order chi connectivity index (χ0) is 20.9. The molecule has 9 nitrogen and oxygen atoms in total. The second-order valence-electron chi connectivity index (χ2n) is 8.25. The monoisotopic (exact) mass is 430 g/mol. The van der Waals surface area contributed by atoms with Crippen molar-refractivity contribution in [3.05, 3.63) is 23.9 Å². The van der Waals surface area contributed by atoms with Gasteiger partial charge in [-0.2, -0.15) is 10.2 Å². The first-order valence-corrected chi connectivity index (χ1v) is 12.2. The Hall–Kier alpha value is -2.46. The summed E-state index contributed by atoms with van der Waals surface area (Å²) in [6.07, 6.45) is 2.96. The van der Waals surface area contributed by atoms with Crippen molar-refractivity contribution in [2.24, 2.45) is 7.05 Å². The normalized spacial score (nSPS) is 22.6. The Kier molecular flexibility index (Phi) is 4.78. The number of rotatable bonds is 3. The Morgan fingerprint density at radius 2 is 2.07 bits per heavy atom. The molecule has 2 aliphatic rings. The van der Waals surface area contributed by atoms with E-state index < -0.39 is 9.84 Å². The van der Waals surface area contributed by atoms with Gasteiger partial charge in [-0.1, -0.05) is 0 Å². The number of morpholine rings is 1. The molecule has 2 aliphatic heterocycles. The number of sulfone groups is 1. The highest BCUT2D eigenvalue weighted by Gasteiger charge is 2.30. The summed E-state index contributed by atoms with van der Waals surface area (Å²) >= 11 is 0. The topological polar surface area (TPSA) is 106 Å². The highest BCUT2D eigenvalue weighted by Crippen LogP contribution is 2.38. The van der Waals surface area contributed by atoms with Crippen molar-refractivity contribution in [2.45, 2.75) is 31.7 Å². The summed E-state index contributed by atoms with van der Waals surface area (Å²) in [4.78, 5) is 7.30. The number of fused-ring (bicyclic) bond motifs is 1. The predicted molar refractivity (Wildman–Crippen MR) is 114 cm³/mol. The largest absolute Gasteiger partial charge is 0.377 e. The number of aromatic amines is 1. The third-order valence-electron chi connectivity index (χ3n) is 6.22. The van der Waals surface area contributed by atoms with Gasteiger partial charge in [0.05, 0.1) is 42.0 Å². The summed E-state index contributed by atoms with van der Waals surface area (Å²) in [5.41, 5.74) is 4.49. The van der Waals surface area contributed by atoms with Crippen LogP contribution in [0, 0.1) is 0 Å². The van der Waals surface area contributed by atoms with Gasteiger partial charge in [0.2, 0.25) is 0 Å². The van der Waals surface area contributed by atoms with Gasteiger partial charge in [-0.05, 0) is 43.4 Å². The molecule has 160 valence electrons. The average Bonchev–Trinajstić information content (AvgIpc) is 3.36. The van der Waals surface area contributed by atoms with Crippen molar-refractivity contribution in [3.63, 3.8) is 0 Å². The van der Waals surface area contributed by atoms with Crippen molar-refractivity contribution < 1.29 is 13.2 Å². The molecule has 5 heterocycles. The van der Waals surface area contributed by atoms with E-state index in [4.69, 9.17) is 14.8 Å². The number of anilines is 1. The van der Waals surface area contributed by atoms with E-state index in [2.05, 4.69) is 28.1 Å². The predicted octanol–water partition coefficient (Wildman–Crippen LogP) is 1.88. The van der Waals surface area contributed by atoms with Gasteiger partial charge in [0, 0.05) is 19.8 Å². The summed E-state index contributed by atoms with van der Waals surface area (Å²) < 4.78 is 31.5. The van der Waals surface area contributed by atoms with E-state index >= 15 is 0 Å². The van der Waals surface area contributed by atoms with Crippen LogP contribution in [-0.4, -0.2) is 70.7 Å². The molecule has 0 amide bonds. The van der Waals surface area contributed by atoms with Crippen LogP contribution in [0.15, 0.2) is 18.3 Å². The van der Waals surface area contributed by atoms with Crippen LogP contribution >= 0.6 is 0 Å². The maximum absolute atomic E-state index is 12.0. The third kappa shape index (κ3) is 3.37. The number of H-pyrrole nitrogens is 1. The van der Waals surface area contributed by atoms with Crippen molar-refractivity contribution in [2.75, 3.05) is 36.2 Å². The Labute approximate surface area is 175 Å². The molecule has 0 spiro atoms. The molecule has 0 aliphatic carbocycles. The smallest absolute Gasteiger partial charge is 0.150 e. The minimum atomic E-state index is -2.93. The molecule has 3 aromatic rings. The van der Waals surface area contributed by atoms with E-state index in [0.29, 0.717) is 26.1 Å². The van der Waals surface area contributed by atoms with E-state index in [1.54, 1.807) is 6.20 Å². The number of aromatic nitrogens is 5. The minimum absolute atomic E-state index is 0.166. The van der Waals surface area contributed by atoms with Gasteiger partial charge in [0.15, 0.2) is 0 Å². The molecule has 10 heteroatoms. The third-order valence-corrected chi connectivity index (χ3v) is 7.93. The van der Waals surface area contributed by atoms with Crippen LogP contribution in [0.1, 0.15) is 31.2 Å². The molecule has 5 rings (SSSR count). The summed E-state index contributed by atoms with van der Waals surface area (Å²) in [7, 11) is -1.01. The summed E-state index contributed by atoms with van der Waals surface area (Å²) in [5, 5.41) is 11.8. The molecular weight excluding hydrogens is 404 g/mol. The van der Waals surface area contributed by atoms with Gasteiger partial charge < -0.3 is 9.64 Å². The zero-order valence-electron chi connectivity index (χ0n) is 17.2. The maximum atomic E-state index is 12.0. The van der Waals surface area contributed by atoms with E-state index in [1.165, 1.54) is 0 Å². The molecule has 0 radical (unpaired) electrons. The lowest BCUT2D eigenvalue weighted by Gasteiger charge is -2.35. The van der Waals surface area contributed by atoms with E-state index in [0.717, 1.165) is 40.3 Å². The molecule has 3 aromatic heterocycles. The number of nitrogens with zero attached hydrogens (tertiary/aromatic N) is 5. The first-order chi connectivity index (χ1) is 14.4. The van der Waals surface area contributed by atoms with Crippen molar-refractivity contribution >= 4 is 26.7 Å². The van der Waals surface area contributed by atoms with E-state index in [-0.39, 0.29) is 23.5 Å². The standard InChI is InChI=1S/C20H26N6O3S/c1-13-12-29-8-7-26(13)17-11-15(14-4-9-30(27,28)10-5-14)20-19(22-17)18(24-25(20)2)16-3-6-21-23-16/h3,6,11,13-14H,4-5,7-10,12H2,1-2H3,(H,21,23)/t13-/m1/s1. The second kappa shape index (κ2) is 7.35.